The molecule has 0 saturated heterocycles. The molecule has 0 unspecified atom stereocenters. The van der Waals surface area contributed by atoms with Gasteiger partial charge in [0, 0.05) is 5.56 Å². The second-order valence-corrected chi connectivity index (χ2v) is 11.7. The number of primary amides is 1. The second kappa shape index (κ2) is 7.27. The lowest BCUT2D eigenvalue weighted by Gasteiger charge is -2.19. The molecule has 0 heterocycles. The number of rotatable bonds is 5. The van der Waals surface area contributed by atoms with Crippen molar-refractivity contribution in [3.05, 3.63) is 82.2 Å². The van der Waals surface area contributed by atoms with E-state index >= 15 is 0 Å². The van der Waals surface area contributed by atoms with Gasteiger partial charge in [0.05, 0.1) is 8.07 Å². The number of hydrogen-bond donors (Lipinski definition) is 1. The third kappa shape index (κ3) is 4.81. The highest BCUT2D eigenvalue weighted by Gasteiger charge is 2.19. The van der Waals surface area contributed by atoms with Crippen molar-refractivity contribution < 1.29 is 4.79 Å². The minimum absolute atomic E-state index is 0.406. The van der Waals surface area contributed by atoms with Crippen LogP contribution in [0.15, 0.2) is 65.5 Å². The molecule has 0 aliphatic carbocycles. The summed E-state index contributed by atoms with van der Waals surface area (Å²) in [5.41, 5.74) is 11.6. The van der Waals surface area contributed by atoms with Crippen molar-refractivity contribution in [1.29, 1.82) is 0 Å². The van der Waals surface area contributed by atoms with Crippen molar-refractivity contribution >= 4 is 20.1 Å². The lowest BCUT2D eigenvalue weighted by atomic mass is 10.1. The molecule has 2 nitrogen and oxygen atoms in total. The van der Waals surface area contributed by atoms with Crippen LogP contribution in [0.4, 0.5) is 0 Å². The molecule has 0 saturated carbocycles. The number of benzene rings is 2. The van der Waals surface area contributed by atoms with Crippen LogP contribution in [0.25, 0.3) is 6.08 Å². The van der Waals surface area contributed by atoms with Crippen molar-refractivity contribution in [3.63, 3.8) is 0 Å². The van der Waals surface area contributed by atoms with E-state index in [1.54, 1.807) is 6.07 Å². The third-order valence-corrected chi connectivity index (χ3v) is 5.89. The van der Waals surface area contributed by atoms with E-state index in [2.05, 4.69) is 49.6 Å². The summed E-state index contributed by atoms with van der Waals surface area (Å²) in [6, 6.07) is 17.8. The molecule has 2 aromatic carbocycles. The van der Waals surface area contributed by atoms with Gasteiger partial charge in [0.2, 0.25) is 5.91 Å². The molecule has 0 spiro atoms. The molecule has 0 aromatic heterocycles. The van der Waals surface area contributed by atoms with E-state index in [0.717, 1.165) is 12.0 Å². The predicted octanol–water partition coefficient (Wildman–Crippen LogP) is 4.44. The van der Waals surface area contributed by atoms with Crippen molar-refractivity contribution in [2.24, 2.45) is 5.73 Å². The summed E-state index contributed by atoms with van der Waals surface area (Å²) < 4.78 is 0. The van der Waals surface area contributed by atoms with Crippen LogP contribution in [0.3, 0.4) is 0 Å². The Bertz CT molecular complexity index is 751. The van der Waals surface area contributed by atoms with E-state index in [0.29, 0.717) is 5.56 Å². The van der Waals surface area contributed by atoms with Gasteiger partial charge >= 0.3 is 0 Å². The molecule has 2 N–H and O–H groups in total. The predicted molar refractivity (Wildman–Crippen MR) is 99.9 cm³/mol. The highest BCUT2D eigenvalue weighted by Crippen LogP contribution is 2.19. The lowest BCUT2D eigenvalue weighted by molar-refractivity contribution is 0.1000. The SMILES string of the molecule is C[Si](C)(C)C(=C=Cc1ccccc1C(N)=O)Cc1ccccc1. The Balaban J connectivity index is 2.44. The number of allylic oxidation sites excluding steroid dienone is 1. The van der Waals surface area contributed by atoms with Crippen molar-refractivity contribution in [2.75, 3.05) is 0 Å². The van der Waals surface area contributed by atoms with Gasteiger partial charge in [0.25, 0.3) is 0 Å². The van der Waals surface area contributed by atoms with Gasteiger partial charge in [-0.15, -0.1) is 5.73 Å². The van der Waals surface area contributed by atoms with E-state index in [4.69, 9.17) is 5.73 Å². The van der Waals surface area contributed by atoms with Crippen molar-refractivity contribution in [1.82, 2.24) is 0 Å². The summed E-state index contributed by atoms with van der Waals surface area (Å²) in [7, 11) is -1.51. The monoisotopic (exact) mass is 321 g/mol. The average molecular weight is 321 g/mol. The molecular formula is C20H23NOSi. The zero-order valence-electron chi connectivity index (χ0n) is 14.0. The highest BCUT2D eigenvalue weighted by molar-refractivity contribution is 6.83. The Morgan fingerprint density at radius 3 is 2.26 bits per heavy atom. The smallest absolute Gasteiger partial charge is 0.249 e. The molecule has 0 aliphatic rings. The van der Waals surface area contributed by atoms with Crippen LogP contribution in [0.2, 0.25) is 19.6 Å². The second-order valence-electron chi connectivity index (χ2n) is 6.63. The molecule has 23 heavy (non-hydrogen) atoms. The van der Waals surface area contributed by atoms with Gasteiger partial charge in [-0.3, -0.25) is 4.79 Å². The van der Waals surface area contributed by atoms with Gasteiger partial charge < -0.3 is 5.73 Å². The highest BCUT2D eigenvalue weighted by atomic mass is 28.3. The minimum atomic E-state index is -1.51. The summed E-state index contributed by atoms with van der Waals surface area (Å²) in [4.78, 5) is 11.5. The Kier molecular flexibility index (Phi) is 5.38. The van der Waals surface area contributed by atoms with Gasteiger partial charge in [0.15, 0.2) is 0 Å². The van der Waals surface area contributed by atoms with Crippen molar-refractivity contribution in [3.8, 4) is 0 Å². The zero-order valence-corrected chi connectivity index (χ0v) is 15.0. The fraction of sp³-hybridized carbons (Fsp3) is 0.200. The molecule has 1 amide bonds. The summed E-state index contributed by atoms with van der Waals surface area (Å²) >= 11 is 0. The third-order valence-electron chi connectivity index (χ3n) is 3.76. The molecule has 0 radical (unpaired) electrons. The van der Waals surface area contributed by atoms with Crippen LogP contribution in [0.5, 0.6) is 0 Å². The van der Waals surface area contributed by atoms with Gasteiger partial charge in [-0.1, -0.05) is 68.2 Å². The number of carbonyl (C=O) groups is 1. The Hall–Kier alpha value is -2.35. The maximum atomic E-state index is 11.5. The topological polar surface area (TPSA) is 43.1 Å². The van der Waals surface area contributed by atoms with Gasteiger partial charge in [0.1, 0.15) is 0 Å². The Morgan fingerprint density at radius 2 is 1.65 bits per heavy atom. The average Bonchev–Trinajstić information content (AvgIpc) is 2.51. The summed E-state index contributed by atoms with van der Waals surface area (Å²) in [6.07, 6.45) is 2.79. The maximum Gasteiger partial charge on any atom is 0.249 e. The number of hydrogen-bond acceptors (Lipinski definition) is 1. The normalized spacial score (nSPS) is 10.7. The van der Waals surface area contributed by atoms with Crippen LogP contribution >= 0.6 is 0 Å². The van der Waals surface area contributed by atoms with E-state index in [-0.39, 0.29) is 0 Å². The number of carbonyl (C=O) groups excluding carboxylic acids is 1. The van der Waals surface area contributed by atoms with Crippen LogP contribution in [0.1, 0.15) is 21.5 Å². The zero-order chi connectivity index (χ0) is 16.9. The standard InChI is InChI=1S/C20H23NOSi/c1-23(2,3)18(15-16-9-5-4-6-10-16)14-13-17-11-7-8-12-19(17)20(21)22/h4-13H,15H2,1-3H3,(H2,21,22). The first-order valence-electron chi connectivity index (χ1n) is 7.77. The first-order valence-corrected chi connectivity index (χ1v) is 11.3. The van der Waals surface area contributed by atoms with Crippen LogP contribution < -0.4 is 5.73 Å². The number of amides is 1. The van der Waals surface area contributed by atoms with Gasteiger partial charge in [-0.25, -0.2) is 0 Å². The molecule has 0 atom stereocenters. The summed E-state index contributed by atoms with van der Waals surface area (Å²) in [6.45, 7) is 6.93. The maximum absolute atomic E-state index is 11.5. The van der Waals surface area contributed by atoms with Gasteiger partial charge in [-0.05, 0) is 34.9 Å². The Labute approximate surface area is 139 Å². The van der Waals surface area contributed by atoms with Crippen molar-refractivity contribution in [2.45, 2.75) is 26.1 Å². The first-order chi connectivity index (χ1) is 10.9. The van der Waals surface area contributed by atoms with E-state index < -0.39 is 14.0 Å². The molecule has 0 bridgehead atoms. The van der Waals surface area contributed by atoms with Crippen LogP contribution in [-0.4, -0.2) is 14.0 Å². The quantitative estimate of drug-likeness (QED) is 0.642. The molecule has 2 rings (SSSR count). The van der Waals surface area contributed by atoms with Gasteiger partial charge in [-0.2, -0.15) is 0 Å². The number of nitrogens with two attached hydrogens (primary N) is 1. The summed E-state index contributed by atoms with van der Waals surface area (Å²) in [5.74, 6) is -0.406. The van der Waals surface area contributed by atoms with E-state index in [9.17, 15) is 4.79 Å². The van der Waals surface area contributed by atoms with Crippen LogP contribution in [-0.2, 0) is 6.42 Å². The molecule has 118 valence electrons. The van der Waals surface area contributed by atoms with E-state index in [1.165, 1.54) is 10.8 Å². The molecule has 0 aliphatic heterocycles. The lowest BCUT2D eigenvalue weighted by Crippen LogP contribution is -2.24. The first kappa shape index (κ1) is 17.0. The fourth-order valence-corrected chi connectivity index (χ4v) is 3.58. The largest absolute Gasteiger partial charge is 0.366 e. The molecule has 3 heteroatoms. The molecular weight excluding hydrogens is 298 g/mol. The molecule has 0 fully saturated rings. The van der Waals surface area contributed by atoms with Crippen LogP contribution in [0, 0.1) is 0 Å². The van der Waals surface area contributed by atoms with E-state index in [1.807, 2.05) is 30.3 Å². The summed E-state index contributed by atoms with van der Waals surface area (Å²) in [5, 5.41) is 1.32. The minimum Gasteiger partial charge on any atom is -0.366 e. The Morgan fingerprint density at radius 1 is 1.04 bits per heavy atom. The fourth-order valence-electron chi connectivity index (χ4n) is 2.34. The molecule has 2 aromatic rings.